The van der Waals surface area contributed by atoms with Crippen molar-refractivity contribution in [1.29, 1.82) is 0 Å². The molecule has 164 valence electrons. The summed E-state index contributed by atoms with van der Waals surface area (Å²) in [5.74, 6) is 0.343. The molecular formula is C23H20F3O4S-. The number of carboxylic acid groups (broad SMARTS) is 1. The second-order valence-electron chi connectivity index (χ2n) is 6.94. The van der Waals surface area contributed by atoms with Crippen LogP contribution in [-0.4, -0.2) is 12.1 Å². The molecule has 0 fully saturated rings. The number of aryl methyl sites for hydroxylation is 1. The fraction of sp³-hybridized carbons (Fsp3) is 0.261. The molecule has 0 amide bonds. The van der Waals surface area contributed by atoms with E-state index in [1.807, 2.05) is 19.1 Å². The van der Waals surface area contributed by atoms with Gasteiger partial charge in [-0.05, 0) is 55.3 Å². The number of hydrogen-bond donors (Lipinski definition) is 0. The van der Waals surface area contributed by atoms with Gasteiger partial charge in [0.1, 0.15) is 17.6 Å². The number of carbonyl (C=O) groups is 1. The van der Waals surface area contributed by atoms with Crippen molar-refractivity contribution >= 4 is 17.7 Å². The highest BCUT2D eigenvalue weighted by Gasteiger charge is 2.30. The first-order valence-electron chi connectivity index (χ1n) is 9.53. The summed E-state index contributed by atoms with van der Waals surface area (Å²) in [7, 11) is 0. The monoisotopic (exact) mass is 449 g/mol. The number of carbonyl (C=O) groups excluding carboxylic acids is 1. The number of halogens is 3. The molecule has 0 radical (unpaired) electrons. The van der Waals surface area contributed by atoms with E-state index in [0.29, 0.717) is 29.2 Å². The highest BCUT2D eigenvalue weighted by molar-refractivity contribution is 7.98. The van der Waals surface area contributed by atoms with Gasteiger partial charge >= 0.3 is 6.18 Å². The molecule has 8 heteroatoms. The molecule has 1 heterocycles. The first kappa shape index (κ1) is 22.8. The summed E-state index contributed by atoms with van der Waals surface area (Å²) in [6, 6.07) is 12.1. The topological polar surface area (TPSA) is 62.5 Å². The first-order chi connectivity index (χ1) is 14.7. The summed E-state index contributed by atoms with van der Waals surface area (Å²) >= 11 is 1.55. The normalized spacial score (nSPS) is 12.5. The molecule has 2 aromatic carbocycles. The molecule has 0 spiro atoms. The molecule has 3 aromatic rings. The van der Waals surface area contributed by atoms with E-state index in [9.17, 15) is 23.1 Å². The summed E-state index contributed by atoms with van der Waals surface area (Å²) in [4.78, 5) is 12.0. The Labute approximate surface area is 182 Å². The van der Waals surface area contributed by atoms with Gasteiger partial charge < -0.3 is 19.1 Å². The number of furan rings is 1. The zero-order chi connectivity index (χ0) is 22.6. The predicted molar refractivity (Wildman–Crippen MR) is 110 cm³/mol. The van der Waals surface area contributed by atoms with Gasteiger partial charge in [0.25, 0.3) is 0 Å². The van der Waals surface area contributed by atoms with Crippen molar-refractivity contribution in [1.82, 2.24) is 0 Å². The molecule has 1 unspecified atom stereocenters. The van der Waals surface area contributed by atoms with Gasteiger partial charge in [0.05, 0.1) is 17.8 Å². The van der Waals surface area contributed by atoms with E-state index in [4.69, 9.17) is 9.15 Å². The summed E-state index contributed by atoms with van der Waals surface area (Å²) in [5, 5.41) is 11.0. The van der Waals surface area contributed by atoms with Crippen molar-refractivity contribution < 1.29 is 32.2 Å². The number of aliphatic carboxylic acids is 1. The van der Waals surface area contributed by atoms with E-state index in [-0.39, 0.29) is 0 Å². The highest BCUT2D eigenvalue weighted by Crippen LogP contribution is 2.33. The Morgan fingerprint density at radius 2 is 1.87 bits per heavy atom. The third-order valence-corrected chi connectivity index (χ3v) is 5.67. The number of carboxylic acids is 1. The van der Waals surface area contributed by atoms with Crippen LogP contribution in [0.5, 0.6) is 5.75 Å². The van der Waals surface area contributed by atoms with Crippen LogP contribution >= 0.6 is 11.8 Å². The SMILES string of the molecule is CCC(Oc1ccc(SCc2coc(-c3ccc(C(F)(F)F)cc3)c2)cc1C)C(=O)[O-]. The van der Waals surface area contributed by atoms with E-state index in [0.717, 1.165) is 28.2 Å². The summed E-state index contributed by atoms with van der Waals surface area (Å²) in [6.07, 6.45) is -3.48. The lowest BCUT2D eigenvalue weighted by Gasteiger charge is -2.20. The van der Waals surface area contributed by atoms with Gasteiger partial charge in [-0.25, -0.2) is 0 Å². The largest absolute Gasteiger partial charge is 0.546 e. The number of rotatable bonds is 8. The van der Waals surface area contributed by atoms with Crippen LogP contribution in [0.25, 0.3) is 11.3 Å². The van der Waals surface area contributed by atoms with Crippen LogP contribution in [0.3, 0.4) is 0 Å². The maximum atomic E-state index is 12.7. The molecule has 1 aromatic heterocycles. The number of benzene rings is 2. The van der Waals surface area contributed by atoms with Gasteiger partial charge in [-0.15, -0.1) is 11.8 Å². The minimum Gasteiger partial charge on any atom is -0.546 e. The Bertz CT molecular complexity index is 1040. The average molecular weight is 449 g/mol. The molecule has 0 N–H and O–H groups in total. The number of ether oxygens (including phenoxy) is 1. The van der Waals surface area contributed by atoms with E-state index >= 15 is 0 Å². The fourth-order valence-electron chi connectivity index (χ4n) is 2.89. The third-order valence-electron chi connectivity index (χ3n) is 4.61. The Morgan fingerprint density at radius 1 is 1.16 bits per heavy atom. The molecule has 0 saturated carbocycles. The molecule has 0 aliphatic carbocycles. The van der Waals surface area contributed by atoms with Crippen LogP contribution in [0.1, 0.15) is 30.0 Å². The summed E-state index contributed by atoms with van der Waals surface area (Å²) in [5.41, 5.74) is 1.56. The Morgan fingerprint density at radius 3 is 2.45 bits per heavy atom. The molecule has 4 nitrogen and oxygen atoms in total. The highest BCUT2D eigenvalue weighted by atomic mass is 32.2. The number of hydrogen-bond acceptors (Lipinski definition) is 5. The zero-order valence-electron chi connectivity index (χ0n) is 16.9. The first-order valence-corrected chi connectivity index (χ1v) is 10.5. The van der Waals surface area contributed by atoms with E-state index < -0.39 is 23.8 Å². The standard InChI is InChI=1S/C23H21F3O4S/c1-3-19(22(27)28)30-20-9-8-18(10-14(20)2)31-13-15-11-21(29-12-15)16-4-6-17(7-5-16)23(24,25)26/h4-12,19H,3,13H2,1-2H3,(H,27,28)/p-1. The Kier molecular flexibility index (Phi) is 7.00. The summed E-state index contributed by atoms with van der Waals surface area (Å²) in [6.45, 7) is 3.55. The van der Waals surface area contributed by atoms with Crippen molar-refractivity contribution in [3.8, 4) is 17.1 Å². The molecule has 0 bridgehead atoms. The second kappa shape index (κ2) is 9.51. The fourth-order valence-corrected chi connectivity index (χ4v) is 3.80. The maximum absolute atomic E-state index is 12.7. The predicted octanol–water partition coefficient (Wildman–Crippen LogP) is 5.47. The van der Waals surface area contributed by atoms with Crippen molar-refractivity contribution in [2.75, 3.05) is 0 Å². The van der Waals surface area contributed by atoms with Gasteiger partial charge in [-0.3, -0.25) is 0 Å². The molecule has 31 heavy (non-hydrogen) atoms. The van der Waals surface area contributed by atoms with Crippen LogP contribution in [0.2, 0.25) is 0 Å². The van der Waals surface area contributed by atoms with Crippen LogP contribution < -0.4 is 9.84 Å². The van der Waals surface area contributed by atoms with Gasteiger partial charge in [-0.2, -0.15) is 13.2 Å². The molecule has 0 aliphatic heterocycles. The van der Waals surface area contributed by atoms with Crippen molar-refractivity contribution in [2.45, 2.75) is 43.2 Å². The Hall–Kier alpha value is -2.87. The molecule has 0 aliphatic rings. The minimum absolute atomic E-state index is 0.306. The summed E-state index contributed by atoms with van der Waals surface area (Å²) < 4.78 is 49.1. The van der Waals surface area contributed by atoms with E-state index in [1.54, 1.807) is 37.1 Å². The van der Waals surface area contributed by atoms with E-state index in [1.165, 1.54) is 12.1 Å². The van der Waals surface area contributed by atoms with Gasteiger partial charge in [-0.1, -0.05) is 19.1 Å². The lowest BCUT2D eigenvalue weighted by molar-refractivity contribution is -0.313. The quantitative estimate of drug-likeness (QED) is 0.427. The number of thioether (sulfide) groups is 1. The van der Waals surface area contributed by atoms with Gasteiger partial charge in [0, 0.05) is 21.8 Å². The van der Waals surface area contributed by atoms with E-state index in [2.05, 4.69) is 0 Å². The van der Waals surface area contributed by atoms with Gasteiger partial charge in [0.15, 0.2) is 0 Å². The minimum atomic E-state index is -4.37. The van der Waals surface area contributed by atoms with Crippen LogP contribution in [0.15, 0.2) is 64.1 Å². The van der Waals surface area contributed by atoms with Crippen molar-refractivity contribution in [3.63, 3.8) is 0 Å². The van der Waals surface area contributed by atoms with Crippen molar-refractivity contribution in [2.24, 2.45) is 0 Å². The molecule has 0 saturated heterocycles. The Balaban J connectivity index is 1.63. The van der Waals surface area contributed by atoms with Crippen LogP contribution in [0.4, 0.5) is 13.2 Å². The molecule has 3 rings (SSSR count). The van der Waals surface area contributed by atoms with Crippen LogP contribution in [0, 0.1) is 6.92 Å². The lowest BCUT2D eigenvalue weighted by atomic mass is 10.1. The zero-order valence-corrected chi connectivity index (χ0v) is 17.7. The maximum Gasteiger partial charge on any atom is 0.416 e. The average Bonchev–Trinajstić information content (AvgIpc) is 3.20. The molecule has 1 atom stereocenters. The third kappa shape index (κ3) is 5.85. The van der Waals surface area contributed by atoms with Crippen molar-refractivity contribution in [3.05, 3.63) is 71.5 Å². The lowest BCUT2D eigenvalue weighted by Crippen LogP contribution is -2.39. The van der Waals surface area contributed by atoms with Gasteiger partial charge in [0.2, 0.25) is 0 Å². The number of alkyl halides is 3. The van der Waals surface area contributed by atoms with Crippen LogP contribution in [-0.2, 0) is 16.7 Å². The second-order valence-corrected chi connectivity index (χ2v) is 7.99. The smallest absolute Gasteiger partial charge is 0.416 e. The molecular weight excluding hydrogens is 429 g/mol.